The van der Waals surface area contributed by atoms with Crippen molar-refractivity contribution in [2.75, 3.05) is 0 Å². The largest absolute Gasteiger partial charge is 0.326 e. The second-order valence-electron chi connectivity index (χ2n) is 1.87. The Morgan fingerprint density at radius 3 is 1.07 bits per heavy atom. The van der Waals surface area contributed by atoms with E-state index in [0.29, 0.717) is 0 Å². The van der Waals surface area contributed by atoms with Crippen molar-refractivity contribution >= 4 is 30.9 Å². The molecule has 78 valence electrons. The summed E-state index contributed by atoms with van der Waals surface area (Å²) in [5.41, 5.74) is 0. The van der Waals surface area contributed by atoms with Crippen molar-refractivity contribution in [3.05, 3.63) is 45.8 Å². The van der Waals surface area contributed by atoms with Crippen LogP contribution in [0.1, 0.15) is 0 Å². The minimum atomic E-state index is -3.13. The highest BCUT2D eigenvalue weighted by Crippen LogP contribution is 1.98. The van der Waals surface area contributed by atoms with Crippen LogP contribution in [0.3, 0.4) is 0 Å². The molecule has 0 spiro atoms. The second-order valence-corrected chi connectivity index (χ2v) is 4.07. The molecule has 0 aliphatic carbocycles. The highest BCUT2D eigenvalue weighted by molar-refractivity contribution is 7.30. The molecular formula is C8H11O3PS2. The minimum absolute atomic E-state index is 1.71. The quantitative estimate of drug-likeness (QED) is 0.707. The molecule has 0 aliphatic rings. The summed E-state index contributed by atoms with van der Waals surface area (Å²) in [4.78, 5) is 14.3. The molecule has 0 amide bonds. The fraction of sp³-hybridized carbons (Fsp3) is 0. The first kappa shape index (κ1) is 13.5. The van der Waals surface area contributed by atoms with Crippen LogP contribution in [0.2, 0.25) is 0 Å². The van der Waals surface area contributed by atoms with Gasteiger partial charge in [-0.3, -0.25) is 4.57 Å². The lowest BCUT2D eigenvalue weighted by Crippen LogP contribution is -1.38. The molecule has 0 aromatic carbocycles. The molecule has 2 N–H and O–H groups in total. The van der Waals surface area contributed by atoms with Crippen LogP contribution in [0, 0.1) is 0 Å². The Balaban J connectivity index is 0.000000183. The van der Waals surface area contributed by atoms with Gasteiger partial charge in [-0.15, -0.1) is 0 Å². The average Bonchev–Trinajstić information content (AvgIpc) is 2.83. The van der Waals surface area contributed by atoms with Crippen molar-refractivity contribution in [3.8, 4) is 0 Å². The van der Waals surface area contributed by atoms with Gasteiger partial charge in [0.2, 0.25) is 0 Å². The summed E-state index contributed by atoms with van der Waals surface area (Å²) >= 11 is 3.43. The maximum absolute atomic E-state index is 8.74. The van der Waals surface area contributed by atoms with Crippen molar-refractivity contribution in [2.24, 2.45) is 0 Å². The molecule has 0 saturated heterocycles. The summed E-state index contributed by atoms with van der Waals surface area (Å²) in [7, 11) is -3.13. The van der Waals surface area contributed by atoms with Gasteiger partial charge in [-0.2, -0.15) is 22.7 Å². The van der Waals surface area contributed by atoms with Gasteiger partial charge in [-0.25, -0.2) is 0 Å². The third kappa shape index (κ3) is 14.1. The molecule has 0 radical (unpaired) electrons. The van der Waals surface area contributed by atoms with Gasteiger partial charge in [0.15, 0.2) is 0 Å². The molecule has 2 heterocycles. The van der Waals surface area contributed by atoms with Crippen LogP contribution < -0.4 is 0 Å². The molecule has 3 nitrogen and oxygen atoms in total. The normalized spacial score (nSPS) is 8.21. The standard InChI is InChI=1S/2C4H4S.H3O3P/c2*1-2-4-5-3-1;1-4(2)3/h2*1-4H;4H,(H2,1,2,3). The number of hydrogen-bond donors (Lipinski definition) is 2. The smallest absolute Gasteiger partial charge is 0.314 e. The van der Waals surface area contributed by atoms with Gasteiger partial charge < -0.3 is 9.79 Å². The predicted octanol–water partition coefficient (Wildman–Crippen LogP) is 2.86. The highest BCUT2D eigenvalue weighted by Gasteiger charge is 1.61. The van der Waals surface area contributed by atoms with Crippen LogP contribution in [0.25, 0.3) is 0 Å². The Bertz CT molecular complexity index is 230. The Morgan fingerprint density at radius 2 is 1.00 bits per heavy atom. The molecule has 0 atom stereocenters. The first-order valence-electron chi connectivity index (χ1n) is 3.59. The predicted molar refractivity (Wildman–Crippen MR) is 62.1 cm³/mol. The third-order valence-corrected chi connectivity index (χ3v) is 2.11. The van der Waals surface area contributed by atoms with Crippen molar-refractivity contribution in [2.45, 2.75) is 0 Å². The summed E-state index contributed by atoms with van der Waals surface area (Å²) in [6, 6.07) is 8.07. The summed E-state index contributed by atoms with van der Waals surface area (Å²) in [5, 5.41) is 8.17. The van der Waals surface area contributed by atoms with E-state index in [1.807, 2.05) is 45.8 Å². The van der Waals surface area contributed by atoms with Crippen LogP contribution in [-0.4, -0.2) is 9.79 Å². The van der Waals surface area contributed by atoms with E-state index in [1.165, 1.54) is 0 Å². The van der Waals surface area contributed by atoms with E-state index in [0.717, 1.165) is 0 Å². The van der Waals surface area contributed by atoms with Gasteiger partial charge in [0.05, 0.1) is 0 Å². The molecule has 2 rings (SSSR count). The average molecular weight is 250 g/mol. The molecule has 0 saturated carbocycles. The van der Waals surface area contributed by atoms with E-state index >= 15 is 0 Å². The lowest BCUT2D eigenvalue weighted by Gasteiger charge is -1.61. The van der Waals surface area contributed by atoms with E-state index in [1.54, 1.807) is 22.7 Å². The Labute approximate surface area is 91.2 Å². The number of hydrogen-bond acceptors (Lipinski definition) is 3. The maximum atomic E-state index is 8.74. The summed E-state index contributed by atoms with van der Waals surface area (Å²) < 4.78 is 8.74. The van der Waals surface area contributed by atoms with Crippen molar-refractivity contribution < 1.29 is 14.4 Å². The van der Waals surface area contributed by atoms with Crippen LogP contribution in [-0.2, 0) is 4.57 Å². The minimum Gasteiger partial charge on any atom is -0.326 e. The van der Waals surface area contributed by atoms with Gasteiger partial charge in [0.25, 0.3) is 0 Å². The zero-order valence-electron chi connectivity index (χ0n) is 7.24. The lowest BCUT2D eigenvalue weighted by molar-refractivity contribution is 0.405. The number of rotatable bonds is 0. The zero-order chi connectivity index (χ0) is 10.6. The third-order valence-electron chi connectivity index (χ3n) is 0.851. The monoisotopic (exact) mass is 250 g/mol. The van der Waals surface area contributed by atoms with Crippen molar-refractivity contribution in [1.29, 1.82) is 0 Å². The molecule has 14 heavy (non-hydrogen) atoms. The van der Waals surface area contributed by atoms with E-state index in [9.17, 15) is 0 Å². The molecule has 2 aromatic heterocycles. The molecule has 6 heteroatoms. The first-order valence-corrected chi connectivity index (χ1v) is 6.78. The van der Waals surface area contributed by atoms with E-state index in [-0.39, 0.29) is 0 Å². The molecular weight excluding hydrogens is 239 g/mol. The maximum Gasteiger partial charge on any atom is 0.314 e. The van der Waals surface area contributed by atoms with Gasteiger partial charge in [0, 0.05) is 0 Å². The van der Waals surface area contributed by atoms with Crippen LogP contribution in [0.5, 0.6) is 0 Å². The van der Waals surface area contributed by atoms with E-state index < -0.39 is 8.25 Å². The second kappa shape index (κ2) is 10.6. The SMILES string of the molecule is O=[PH](O)O.c1ccsc1.c1ccsc1. The Morgan fingerprint density at radius 1 is 0.786 bits per heavy atom. The molecule has 0 fully saturated rings. The molecule has 0 aliphatic heterocycles. The topological polar surface area (TPSA) is 57.5 Å². The van der Waals surface area contributed by atoms with Gasteiger partial charge >= 0.3 is 8.25 Å². The molecule has 2 aromatic rings. The van der Waals surface area contributed by atoms with E-state index in [4.69, 9.17) is 14.4 Å². The lowest BCUT2D eigenvalue weighted by atomic mass is 10.7. The zero-order valence-corrected chi connectivity index (χ0v) is 9.87. The summed E-state index contributed by atoms with van der Waals surface area (Å²) in [5.74, 6) is 0. The Kier molecular flexibility index (Phi) is 10.3. The van der Waals surface area contributed by atoms with Gasteiger partial charge in [0.1, 0.15) is 0 Å². The van der Waals surface area contributed by atoms with Crippen LogP contribution in [0.15, 0.2) is 45.8 Å². The van der Waals surface area contributed by atoms with Crippen molar-refractivity contribution in [1.82, 2.24) is 0 Å². The van der Waals surface area contributed by atoms with Gasteiger partial charge in [-0.1, -0.05) is 24.3 Å². The summed E-state index contributed by atoms with van der Waals surface area (Å²) in [6.07, 6.45) is 0. The first-order chi connectivity index (χ1) is 6.73. The molecule has 0 bridgehead atoms. The van der Waals surface area contributed by atoms with Crippen molar-refractivity contribution in [3.63, 3.8) is 0 Å². The number of thiophene rings is 2. The van der Waals surface area contributed by atoms with Crippen LogP contribution in [0.4, 0.5) is 0 Å². The molecule has 0 unspecified atom stereocenters. The highest BCUT2D eigenvalue weighted by atomic mass is 32.1. The van der Waals surface area contributed by atoms with Gasteiger partial charge in [-0.05, 0) is 21.5 Å². The van der Waals surface area contributed by atoms with E-state index in [2.05, 4.69) is 0 Å². The Hall–Kier alpha value is -0.450. The summed E-state index contributed by atoms with van der Waals surface area (Å²) in [6.45, 7) is 0. The fourth-order valence-electron chi connectivity index (χ4n) is 0.454. The fourth-order valence-corrected chi connectivity index (χ4v) is 1.36. The van der Waals surface area contributed by atoms with Crippen LogP contribution >= 0.6 is 30.9 Å².